The van der Waals surface area contributed by atoms with Crippen molar-refractivity contribution in [3.05, 3.63) is 40.9 Å². The van der Waals surface area contributed by atoms with E-state index < -0.39 is 0 Å². The minimum atomic E-state index is -0.288. The van der Waals surface area contributed by atoms with Crippen LogP contribution in [-0.2, 0) is 0 Å². The molecule has 0 radical (unpaired) electrons. The molecule has 6 nitrogen and oxygen atoms in total. The summed E-state index contributed by atoms with van der Waals surface area (Å²) in [4.78, 5) is 29.7. The van der Waals surface area contributed by atoms with Gasteiger partial charge in [0.15, 0.2) is 5.13 Å². The molecule has 0 saturated heterocycles. The lowest BCUT2D eigenvalue weighted by Gasteiger charge is -2.31. The molecule has 1 aromatic heterocycles. The SMILES string of the molecule is CN1CN(Cl)c2cc(C(=O)Nc3nccs3)ccc2C1=O. The lowest BCUT2D eigenvalue weighted by Crippen LogP contribution is -2.40. The number of fused-ring (bicyclic) bond motifs is 1. The van der Waals surface area contributed by atoms with E-state index in [1.165, 1.54) is 20.7 Å². The number of hydrogen-bond acceptors (Lipinski definition) is 5. The fourth-order valence-electron chi connectivity index (χ4n) is 2.04. The molecule has 0 fully saturated rings. The third kappa shape index (κ3) is 2.57. The molecule has 21 heavy (non-hydrogen) atoms. The molecule has 108 valence electrons. The number of thiazole rings is 1. The normalized spacial score (nSPS) is 14.1. The summed E-state index contributed by atoms with van der Waals surface area (Å²) in [6, 6.07) is 4.82. The zero-order valence-corrected chi connectivity index (χ0v) is 12.6. The Morgan fingerprint density at radius 3 is 3.00 bits per heavy atom. The van der Waals surface area contributed by atoms with Gasteiger partial charge in [-0.05, 0) is 18.2 Å². The number of halogens is 1. The summed E-state index contributed by atoms with van der Waals surface area (Å²) >= 11 is 7.46. The molecule has 0 unspecified atom stereocenters. The maximum atomic E-state index is 12.1. The average Bonchev–Trinajstić information content (AvgIpc) is 2.97. The van der Waals surface area contributed by atoms with Gasteiger partial charge in [-0.3, -0.25) is 19.3 Å². The Bertz CT molecular complexity index is 704. The largest absolute Gasteiger partial charge is 0.323 e. The van der Waals surface area contributed by atoms with Crippen LogP contribution in [-0.4, -0.2) is 35.4 Å². The van der Waals surface area contributed by atoms with Crippen molar-refractivity contribution in [1.29, 1.82) is 0 Å². The Kier molecular flexibility index (Phi) is 3.52. The van der Waals surface area contributed by atoms with Crippen molar-refractivity contribution in [3.63, 3.8) is 0 Å². The van der Waals surface area contributed by atoms with Crippen LogP contribution in [0.2, 0.25) is 0 Å². The summed E-state index contributed by atoms with van der Waals surface area (Å²) in [6.45, 7) is 0.269. The number of nitrogens with zero attached hydrogens (tertiary/aromatic N) is 3. The summed E-state index contributed by atoms with van der Waals surface area (Å²) in [5.41, 5.74) is 1.43. The second kappa shape index (κ2) is 5.34. The molecule has 1 N–H and O–H groups in total. The minimum Gasteiger partial charge on any atom is -0.323 e. The van der Waals surface area contributed by atoms with Gasteiger partial charge in [-0.25, -0.2) is 4.98 Å². The molecule has 0 aliphatic carbocycles. The topological polar surface area (TPSA) is 65.5 Å². The number of carbonyl (C=O) groups excluding carboxylic acids is 2. The Morgan fingerprint density at radius 2 is 2.29 bits per heavy atom. The van der Waals surface area contributed by atoms with Gasteiger partial charge in [0.25, 0.3) is 11.8 Å². The third-order valence-corrected chi connectivity index (χ3v) is 4.07. The van der Waals surface area contributed by atoms with E-state index in [1.807, 2.05) is 0 Å². The molecule has 2 aromatic rings. The van der Waals surface area contributed by atoms with E-state index in [2.05, 4.69) is 10.3 Å². The maximum absolute atomic E-state index is 12.1. The molecule has 1 aliphatic rings. The van der Waals surface area contributed by atoms with Crippen LogP contribution in [0.15, 0.2) is 29.8 Å². The van der Waals surface area contributed by atoms with Crippen LogP contribution >= 0.6 is 23.1 Å². The lowest BCUT2D eigenvalue weighted by molar-refractivity contribution is 0.0789. The average molecular weight is 323 g/mol. The quantitative estimate of drug-likeness (QED) is 0.862. The summed E-state index contributed by atoms with van der Waals surface area (Å²) < 4.78 is 1.41. The molecular weight excluding hydrogens is 312 g/mol. The van der Waals surface area contributed by atoms with Crippen molar-refractivity contribution >= 4 is 45.7 Å². The van der Waals surface area contributed by atoms with Gasteiger partial charge in [-0.15, -0.1) is 11.3 Å². The zero-order chi connectivity index (χ0) is 15.0. The summed E-state index contributed by atoms with van der Waals surface area (Å²) in [6.07, 6.45) is 1.61. The third-order valence-electron chi connectivity index (χ3n) is 3.09. The van der Waals surface area contributed by atoms with E-state index in [4.69, 9.17) is 11.8 Å². The first-order chi connectivity index (χ1) is 10.1. The van der Waals surface area contributed by atoms with Crippen LogP contribution in [0.3, 0.4) is 0 Å². The van der Waals surface area contributed by atoms with E-state index >= 15 is 0 Å². The molecule has 0 spiro atoms. The highest BCUT2D eigenvalue weighted by atomic mass is 35.5. The van der Waals surface area contributed by atoms with Crippen LogP contribution in [0.25, 0.3) is 0 Å². The fourth-order valence-corrected chi connectivity index (χ4v) is 2.87. The highest BCUT2D eigenvalue weighted by molar-refractivity contribution is 7.13. The molecular formula is C13H11ClN4O2S. The first-order valence-electron chi connectivity index (χ1n) is 6.10. The monoisotopic (exact) mass is 322 g/mol. The van der Waals surface area contributed by atoms with Crippen molar-refractivity contribution < 1.29 is 9.59 Å². The van der Waals surface area contributed by atoms with Crippen LogP contribution in [0.5, 0.6) is 0 Å². The van der Waals surface area contributed by atoms with Crippen LogP contribution in [0.1, 0.15) is 20.7 Å². The van der Waals surface area contributed by atoms with Gasteiger partial charge in [-0.2, -0.15) is 0 Å². The number of aromatic nitrogens is 1. The standard InChI is InChI=1S/C13H11ClN4O2S/c1-17-7-18(14)10-6-8(2-3-9(10)12(17)20)11(19)16-13-15-4-5-21-13/h2-6H,7H2,1H3,(H,15,16,19). The van der Waals surface area contributed by atoms with Gasteiger partial charge in [0.05, 0.1) is 11.3 Å². The van der Waals surface area contributed by atoms with Crippen LogP contribution < -0.4 is 9.74 Å². The summed E-state index contributed by atoms with van der Waals surface area (Å²) in [5.74, 6) is -0.405. The molecule has 0 saturated carbocycles. The smallest absolute Gasteiger partial charge is 0.257 e. The molecule has 2 heterocycles. The van der Waals surface area contributed by atoms with Crippen molar-refractivity contribution in [2.45, 2.75) is 0 Å². The van der Waals surface area contributed by atoms with E-state index in [1.54, 1.807) is 36.8 Å². The van der Waals surface area contributed by atoms with Gasteiger partial charge in [0.1, 0.15) is 6.67 Å². The van der Waals surface area contributed by atoms with Gasteiger partial charge in [0.2, 0.25) is 0 Å². The van der Waals surface area contributed by atoms with Crippen molar-refractivity contribution in [2.24, 2.45) is 0 Å². The maximum Gasteiger partial charge on any atom is 0.257 e. The highest BCUT2D eigenvalue weighted by Gasteiger charge is 2.27. The number of amides is 2. The Morgan fingerprint density at radius 1 is 1.48 bits per heavy atom. The Hall–Kier alpha value is -2.12. The van der Waals surface area contributed by atoms with E-state index in [9.17, 15) is 9.59 Å². The molecule has 1 aromatic carbocycles. The van der Waals surface area contributed by atoms with Gasteiger partial charge < -0.3 is 4.90 Å². The number of carbonyl (C=O) groups is 2. The van der Waals surface area contributed by atoms with Crippen LogP contribution in [0, 0.1) is 0 Å². The highest BCUT2D eigenvalue weighted by Crippen LogP contribution is 2.29. The van der Waals surface area contributed by atoms with Gasteiger partial charge in [-0.1, -0.05) is 0 Å². The second-order valence-corrected chi connectivity index (χ2v) is 5.83. The number of rotatable bonds is 2. The van der Waals surface area contributed by atoms with Crippen LogP contribution in [0.4, 0.5) is 10.8 Å². The predicted octanol–water partition coefficient (Wildman–Crippen LogP) is 2.40. The number of anilines is 2. The van der Waals surface area contributed by atoms with E-state index in [0.29, 0.717) is 21.9 Å². The van der Waals surface area contributed by atoms with E-state index in [0.717, 1.165) is 0 Å². The number of nitrogens with one attached hydrogen (secondary N) is 1. The fraction of sp³-hybridized carbons (Fsp3) is 0.154. The second-order valence-electron chi connectivity index (χ2n) is 4.53. The van der Waals surface area contributed by atoms with Gasteiger partial charge in [0, 0.05) is 36.0 Å². The first kappa shape index (κ1) is 13.8. The lowest BCUT2D eigenvalue weighted by atomic mass is 10.1. The summed E-state index contributed by atoms with van der Waals surface area (Å²) in [7, 11) is 1.67. The molecule has 2 amide bonds. The van der Waals surface area contributed by atoms with Gasteiger partial charge >= 0.3 is 0 Å². The first-order valence-corrected chi connectivity index (χ1v) is 7.31. The van der Waals surface area contributed by atoms with Crippen molar-refractivity contribution in [1.82, 2.24) is 9.88 Å². The molecule has 0 bridgehead atoms. The Balaban J connectivity index is 1.90. The Labute approximate surface area is 130 Å². The molecule has 1 aliphatic heterocycles. The zero-order valence-electron chi connectivity index (χ0n) is 11.0. The molecule has 8 heteroatoms. The van der Waals surface area contributed by atoms with Crippen molar-refractivity contribution in [2.75, 3.05) is 23.5 Å². The molecule has 0 atom stereocenters. The summed E-state index contributed by atoms with van der Waals surface area (Å²) in [5, 5.41) is 4.99. The van der Waals surface area contributed by atoms with Crippen molar-refractivity contribution in [3.8, 4) is 0 Å². The predicted molar refractivity (Wildman–Crippen MR) is 81.8 cm³/mol. The minimum absolute atomic E-state index is 0.117. The number of hydrogen-bond donors (Lipinski definition) is 1. The molecule has 3 rings (SSSR count). The number of benzene rings is 1. The van der Waals surface area contributed by atoms with E-state index in [-0.39, 0.29) is 18.5 Å².